The first-order valence-electron chi connectivity index (χ1n) is 14.6. The molecular formula is C35H24N8Na2O6S. The number of nitrogens with zero attached hydrogens (tertiary/aromatic N) is 6. The minimum Gasteiger partial charge on any atom is -0.744 e. The van der Waals surface area contributed by atoms with E-state index in [0.717, 1.165) is 11.1 Å². The summed E-state index contributed by atoms with van der Waals surface area (Å²) in [5.41, 5.74) is 16.2. The maximum absolute atomic E-state index is 11.8. The Balaban J connectivity index is 0.00000302. The predicted molar refractivity (Wildman–Crippen MR) is 184 cm³/mol. The van der Waals surface area contributed by atoms with Crippen molar-refractivity contribution in [3.8, 4) is 16.9 Å². The zero-order valence-corrected chi connectivity index (χ0v) is 32.5. The van der Waals surface area contributed by atoms with Crippen LogP contribution in [0.15, 0.2) is 151 Å². The second-order valence-electron chi connectivity index (χ2n) is 10.8. The SMILES string of the molecule is Nc1ccc(N=Nc2ccc(N=Nc3ccc(-c4ccc(N=Nc5ccc(O)c(C(=O)[O-])c5)cc4)cc3)c3ccc(S(=O)(=O)[O-])cc23)c(N)c1.[Na+].[Na+]. The fourth-order valence-corrected chi connectivity index (χ4v) is 5.31. The number of rotatable bonds is 9. The van der Waals surface area contributed by atoms with Crippen molar-refractivity contribution in [2.24, 2.45) is 30.7 Å². The number of azo groups is 3. The molecule has 248 valence electrons. The van der Waals surface area contributed by atoms with Crippen molar-refractivity contribution in [3.63, 3.8) is 0 Å². The van der Waals surface area contributed by atoms with Crippen molar-refractivity contribution in [2.75, 3.05) is 11.5 Å². The number of hydrogen-bond donors (Lipinski definition) is 3. The van der Waals surface area contributed by atoms with Crippen molar-refractivity contribution in [3.05, 3.63) is 121 Å². The first-order chi connectivity index (χ1) is 23.9. The number of carboxylic acids is 1. The summed E-state index contributed by atoms with van der Waals surface area (Å²) < 4.78 is 35.4. The average Bonchev–Trinajstić information content (AvgIpc) is 3.10. The van der Waals surface area contributed by atoms with Crippen LogP contribution in [0.25, 0.3) is 21.9 Å². The Bertz CT molecular complexity index is 2480. The normalized spacial score (nSPS) is 11.6. The Labute approximate surface area is 341 Å². The van der Waals surface area contributed by atoms with E-state index >= 15 is 0 Å². The number of carbonyl (C=O) groups is 1. The monoisotopic (exact) mass is 730 g/mol. The van der Waals surface area contributed by atoms with Crippen LogP contribution in [0.1, 0.15) is 10.4 Å². The third kappa shape index (κ3) is 9.52. The molecule has 0 fully saturated rings. The summed E-state index contributed by atoms with van der Waals surface area (Å²) in [7, 11) is -4.75. The molecule has 0 atom stereocenters. The van der Waals surface area contributed by atoms with E-state index in [1.807, 2.05) is 24.3 Å². The zero-order chi connectivity index (χ0) is 35.4. The standard InChI is InChI=1S/C35H26N8O6S.2Na/c36-22-5-13-33(30(37)17-22)43-42-32-15-14-31(27-12-11-26(19-28(27)32)50(47,48)49)41-39-24-8-3-21(4-9-24)20-1-6-23(7-2-20)38-40-25-10-16-34(44)29(18-25)35(45)46;;/h1-19,44H,36-37H2,(H,45,46)(H,47,48,49);;/q;2*+1/p-2. The van der Waals surface area contributed by atoms with Crippen molar-refractivity contribution < 1.29 is 87.1 Å². The topological polar surface area (TPSA) is 244 Å². The van der Waals surface area contributed by atoms with Gasteiger partial charge >= 0.3 is 59.1 Å². The zero-order valence-electron chi connectivity index (χ0n) is 27.7. The minimum absolute atomic E-state index is 0. The van der Waals surface area contributed by atoms with Crippen molar-refractivity contribution in [1.82, 2.24) is 0 Å². The molecule has 0 aromatic heterocycles. The van der Waals surface area contributed by atoms with E-state index in [-0.39, 0.29) is 76.1 Å². The van der Waals surface area contributed by atoms with Gasteiger partial charge in [-0.15, -0.1) is 15.3 Å². The van der Waals surface area contributed by atoms with Crippen LogP contribution < -0.4 is 75.7 Å². The van der Waals surface area contributed by atoms with Gasteiger partial charge in [0.1, 0.15) is 21.6 Å². The van der Waals surface area contributed by atoms with Gasteiger partial charge in [-0.1, -0.05) is 30.3 Å². The number of hydrogen-bond acceptors (Lipinski definition) is 14. The van der Waals surface area contributed by atoms with Gasteiger partial charge in [0.25, 0.3) is 0 Å². The number of aromatic hydroxyl groups is 1. The molecule has 0 saturated carbocycles. The molecule has 0 unspecified atom stereocenters. The smallest absolute Gasteiger partial charge is 0.744 e. The molecule has 0 radical (unpaired) electrons. The fraction of sp³-hybridized carbons (Fsp3) is 0. The molecular weight excluding hydrogens is 706 g/mol. The summed E-state index contributed by atoms with van der Waals surface area (Å²) in [5, 5.41) is 46.9. The number of benzene rings is 6. The van der Waals surface area contributed by atoms with Crippen LogP contribution in [0, 0.1) is 0 Å². The molecule has 5 N–H and O–H groups in total. The second kappa shape index (κ2) is 17.1. The van der Waals surface area contributed by atoms with Crippen LogP contribution >= 0.6 is 0 Å². The van der Waals surface area contributed by atoms with E-state index in [9.17, 15) is 28.0 Å². The molecule has 6 aromatic carbocycles. The molecule has 17 heteroatoms. The van der Waals surface area contributed by atoms with Crippen LogP contribution in [0.2, 0.25) is 0 Å². The molecule has 6 aromatic rings. The maximum Gasteiger partial charge on any atom is 1.00 e. The summed E-state index contributed by atoms with van der Waals surface area (Å²) in [5.74, 6) is -1.94. The van der Waals surface area contributed by atoms with Crippen molar-refractivity contribution in [1.29, 1.82) is 0 Å². The van der Waals surface area contributed by atoms with Crippen LogP contribution in [-0.4, -0.2) is 24.0 Å². The van der Waals surface area contributed by atoms with E-state index in [1.165, 1.54) is 42.5 Å². The Kier molecular flexibility index (Phi) is 13.1. The molecule has 0 heterocycles. The molecule has 14 nitrogen and oxygen atoms in total. The molecule has 0 amide bonds. The third-order valence-corrected chi connectivity index (χ3v) is 8.20. The van der Waals surface area contributed by atoms with Gasteiger partial charge in [0.15, 0.2) is 0 Å². The summed E-state index contributed by atoms with van der Waals surface area (Å²) >= 11 is 0. The molecule has 6 rings (SSSR count). The molecule has 0 spiro atoms. The Morgan fingerprint density at radius 2 is 1.08 bits per heavy atom. The van der Waals surface area contributed by atoms with Gasteiger partial charge in [-0.05, 0) is 96.1 Å². The van der Waals surface area contributed by atoms with Gasteiger partial charge in [-0.2, -0.15) is 15.3 Å². The van der Waals surface area contributed by atoms with E-state index in [0.29, 0.717) is 44.9 Å². The van der Waals surface area contributed by atoms with Crippen molar-refractivity contribution >= 4 is 72.4 Å². The summed E-state index contributed by atoms with van der Waals surface area (Å²) in [4.78, 5) is 10.7. The molecule has 0 aliphatic carbocycles. The summed E-state index contributed by atoms with van der Waals surface area (Å²) in [6.07, 6.45) is 0. The minimum atomic E-state index is -4.75. The van der Waals surface area contributed by atoms with E-state index in [2.05, 4.69) is 30.7 Å². The average molecular weight is 731 g/mol. The number of phenols is 1. The first kappa shape index (κ1) is 39.9. The Hall–Kier alpha value is -4.84. The summed E-state index contributed by atoms with van der Waals surface area (Å²) in [6, 6.07) is 30.1. The van der Waals surface area contributed by atoms with Gasteiger partial charge < -0.3 is 31.0 Å². The number of carbonyl (C=O) groups excluding carboxylic acids is 1. The largest absolute Gasteiger partial charge is 1.00 e. The van der Waals surface area contributed by atoms with Gasteiger partial charge in [0.05, 0.1) is 45.0 Å². The van der Waals surface area contributed by atoms with Crippen molar-refractivity contribution in [2.45, 2.75) is 4.90 Å². The molecule has 0 aliphatic heterocycles. The van der Waals surface area contributed by atoms with Crippen LogP contribution in [0.4, 0.5) is 45.5 Å². The van der Waals surface area contributed by atoms with E-state index < -0.39 is 26.7 Å². The van der Waals surface area contributed by atoms with Gasteiger partial charge in [-0.25, -0.2) is 8.42 Å². The van der Waals surface area contributed by atoms with E-state index in [1.54, 1.807) is 48.5 Å². The van der Waals surface area contributed by atoms with Crippen LogP contribution in [0.3, 0.4) is 0 Å². The fourth-order valence-electron chi connectivity index (χ4n) is 4.82. The third-order valence-electron chi connectivity index (χ3n) is 7.37. The van der Waals surface area contributed by atoms with Gasteiger partial charge in [-0.3, -0.25) is 0 Å². The van der Waals surface area contributed by atoms with Gasteiger partial charge in [0, 0.05) is 22.0 Å². The molecule has 0 aliphatic rings. The quantitative estimate of drug-likeness (QED) is 0.0856. The molecule has 52 heavy (non-hydrogen) atoms. The van der Waals surface area contributed by atoms with Gasteiger partial charge in [0.2, 0.25) is 0 Å². The number of carboxylic acid groups (broad SMARTS) is 1. The predicted octanol–water partition coefficient (Wildman–Crippen LogP) is 1.90. The molecule has 0 bridgehead atoms. The number of fused-ring (bicyclic) bond motifs is 1. The second-order valence-corrected chi connectivity index (χ2v) is 12.1. The van der Waals surface area contributed by atoms with Crippen LogP contribution in [0.5, 0.6) is 5.75 Å². The van der Waals surface area contributed by atoms with E-state index in [4.69, 9.17) is 11.5 Å². The Morgan fingerprint density at radius 1 is 0.577 bits per heavy atom. The Morgan fingerprint density at radius 3 is 1.65 bits per heavy atom. The van der Waals surface area contributed by atoms with Crippen LogP contribution in [-0.2, 0) is 10.1 Å². The number of nitrogens with two attached hydrogens (primary N) is 2. The summed E-state index contributed by atoms with van der Waals surface area (Å²) in [6.45, 7) is 0. The molecule has 0 saturated heterocycles. The number of nitrogen functional groups attached to an aromatic ring is 2. The number of aromatic carboxylic acids is 1. The maximum atomic E-state index is 11.8. The first-order valence-corrected chi connectivity index (χ1v) is 16.0. The number of anilines is 2.